The smallest absolute Gasteiger partial charge is 0.343 e. The Bertz CT molecular complexity index is 653. The van der Waals surface area contributed by atoms with Crippen molar-refractivity contribution in [2.24, 2.45) is 0 Å². The number of pyridine rings is 1. The second-order valence-electron chi connectivity index (χ2n) is 4.65. The first-order chi connectivity index (χ1) is 11.1. The van der Waals surface area contributed by atoms with Crippen LogP contribution in [0.1, 0.15) is 22.8 Å². The van der Waals surface area contributed by atoms with Crippen LogP contribution in [0.15, 0.2) is 11.0 Å². The van der Waals surface area contributed by atoms with Crippen LogP contribution in [-0.4, -0.2) is 51.2 Å². The largest absolute Gasteiger partial charge is 0.488 e. The highest BCUT2D eigenvalue weighted by Crippen LogP contribution is 2.34. The number of nitrogens with zero attached hydrogens (tertiary/aromatic N) is 1. The van der Waals surface area contributed by atoms with E-state index in [9.17, 15) is 14.4 Å². The molecule has 2 atom stereocenters. The highest BCUT2D eigenvalue weighted by atomic mass is 16.7. The monoisotopic (exact) mass is 327 g/mol. The molecule has 0 N–H and O–H groups in total. The molecule has 1 saturated heterocycles. The molecule has 2 rings (SSSR count). The lowest BCUT2D eigenvalue weighted by molar-refractivity contribution is -0.122. The number of carbonyl (C=O) groups is 2. The normalized spacial score (nSPS) is 20.1. The number of aromatic nitrogens is 1. The Morgan fingerprint density at radius 2 is 2.13 bits per heavy atom. The molecule has 0 saturated carbocycles. The zero-order valence-electron chi connectivity index (χ0n) is 12.9. The van der Waals surface area contributed by atoms with Crippen molar-refractivity contribution in [2.75, 3.05) is 27.9 Å². The highest BCUT2D eigenvalue weighted by molar-refractivity contribution is 5.89. The van der Waals surface area contributed by atoms with Gasteiger partial charge in [0.2, 0.25) is 17.1 Å². The van der Waals surface area contributed by atoms with E-state index in [0.29, 0.717) is 13.0 Å². The van der Waals surface area contributed by atoms with Gasteiger partial charge in [-0.15, -0.1) is 0 Å². The summed E-state index contributed by atoms with van der Waals surface area (Å²) in [4.78, 5) is 34.9. The molecular weight excluding hydrogens is 310 g/mol. The number of carbonyl (C=O) groups excluding carboxylic acids is 2. The van der Waals surface area contributed by atoms with Crippen molar-refractivity contribution in [2.45, 2.75) is 18.8 Å². The van der Waals surface area contributed by atoms with Crippen molar-refractivity contribution in [3.8, 4) is 11.6 Å². The molecule has 0 aromatic carbocycles. The van der Waals surface area contributed by atoms with Gasteiger partial charge in [-0.05, 0) is 6.42 Å². The fraction of sp³-hybridized carbons (Fsp3) is 0.500. The lowest BCUT2D eigenvalue weighted by atomic mass is 10.2. The minimum absolute atomic E-state index is 0.127. The number of methoxy groups -OCH3 is 3. The van der Waals surface area contributed by atoms with Crippen LogP contribution >= 0.6 is 0 Å². The Morgan fingerprint density at radius 3 is 2.70 bits per heavy atom. The molecule has 9 heteroatoms. The van der Waals surface area contributed by atoms with Gasteiger partial charge in [0, 0.05) is 13.3 Å². The fourth-order valence-corrected chi connectivity index (χ4v) is 2.48. The third-order valence-electron chi connectivity index (χ3n) is 3.52. The minimum Gasteiger partial charge on any atom is -0.488 e. The van der Waals surface area contributed by atoms with Crippen LogP contribution < -0.4 is 14.9 Å². The van der Waals surface area contributed by atoms with Crippen LogP contribution in [0.3, 0.4) is 0 Å². The van der Waals surface area contributed by atoms with Crippen LogP contribution in [-0.2, 0) is 19.0 Å². The maximum atomic E-state index is 12.3. The molecule has 126 valence electrons. The van der Waals surface area contributed by atoms with Gasteiger partial charge in [0.1, 0.15) is 5.56 Å². The summed E-state index contributed by atoms with van der Waals surface area (Å²) in [5.41, 5.74) is -0.982. The van der Waals surface area contributed by atoms with E-state index >= 15 is 0 Å². The third kappa shape index (κ3) is 3.06. The molecule has 0 amide bonds. The summed E-state index contributed by atoms with van der Waals surface area (Å²) in [6.07, 6.45) is 1.16. The van der Waals surface area contributed by atoms with E-state index in [2.05, 4.69) is 4.74 Å². The number of rotatable bonds is 6. The molecule has 1 fully saturated rings. The SMILES string of the molecule is COC(=O)c1cn(C2CCOC2OC)c(OC=O)c(OC)c1=O. The maximum Gasteiger partial charge on any atom is 0.343 e. The summed E-state index contributed by atoms with van der Waals surface area (Å²) < 4.78 is 26.6. The molecule has 2 heterocycles. The van der Waals surface area contributed by atoms with Crippen molar-refractivity contribution in [3.63, 3.8) is 0 Å². The molecule has 1 aliphatic heterocycles. The number of ether oxygens (including phenoxy) is 5. The van der Waals surface area contributed by atoms with E-state index in [-0.39, 0.29) is 23.7 Å². The van der Waals surface area contributed by atoms with Gasteiger partial charge >= 0.3 is 5.97 Å². The first kappa shape index (κ1) is 17.0. The van der Waals surface area contributed by atoms with E-state index in [1.807, 2.05) is 0 Å². The summed E-state index contributed by atoms with van der Waals surface area (Å²) >= 11 is 0. The van der Waals surface area contributed by atoms with Crippen LogP contribution in [0.4, 0.5) is 0 Å². The molecule has 0 radical (unpaired) electrons. The van der Waals surface area contributed by atoms with E-state index < -0.39 is 23.7 Å². The molecule has 1 aromatic rings. The predicted octanol–water partition coefficient (Wildman–Crippen LogP) is 0.113. The molecule has 0 aliphatic carbocycles. The van der Waals surface area contributed by atoms with Gasteiger partial charge in [-0.25, -0.2) is 4.79 Å². The molecule has 2 unspecified atom stereocenters. The molecule has 0 bridgehead atoms. The van der Waals surface area contributed by atoms with Crippen molar-refractivity contribution in [3.05, 3.63) is 22.0 Å². The minimum atomic E-state index is -0.826. The van der Waals surface area contributed by atoms with E-state index in [4.69, 9.17) is 18.9 Å². The number of hydrogen-bond donors (Lipinski definition) is 0. The molecular formula is C14H17NO8. The predicted molar refractivity (Wildman–Crippen MR) is 75.7 cm³/mol. The Hall–Kier alpha value is -2.39. The quantitative estimate of drug-likeness (QED) is 0.536. The average molecular weight is 327 g/mol. The Labute approximate surface area is 131 Å². The summed E-state index contributed by atoms with van der Waals surface area (Å²) in [5, 5.41) is 0. The Balaban J connectivity index is 2.68. The van der Waals surface area contributed by atoms with Crippen molar-refractivity contribution >= 4 is 12.4 Å². The zero-order chi connectivity index (χ0) is 17.0. The fourth-order valence-electron chi connectivity index (χ4n) is 2.48. The molecule has 9 nitrogen and oxygen atoms in total. The topological polar surface area (TPSA) is 102 Å². The average Bonchev–Trinajstić information content (AvgIpc) is 3.03. The van der Waals surface area contributed by atoms with Gasteiger partial charge in [0.15, 0.2) is 6.29 Å². The van der Waals surface area contributed by atoms with Gasteiger partial charge in [-0.2, -0.15) is 0 Å². The molecule has 1 aromatic heterocycles. The molecule has 0 spiro atoms. The van der Waals surface area contributed by atoms with Crippen LogP contribution in [0.5, 0.6) is 11.6 Å². The maximum absolute atomic E-state index is 12.3. The highest BCUT2D eigenvalue weighted by Gasteiger charge is 2.34. The summed E-state index contributed by atoms with van der Waals surface area (Å²) in [6, 6.07) is -0.409. The van der Waals surface area contributed by atoms with Crippen LogP contribution in [0.25, 0.3) is 0 Å². The first-order valence-corrected chi connectivity index (χ1v) is 6.75. The summed E-state index contributed by atoms with van der Waals surface area (Å²) in [5.74, 6) is -1.23. The van der Waals surface area contributed by atoms with Gasteiger partial charge in [-0.1, -0.05) is 0 Å². The van der Waals surface area contributed by atoms with Gasteiger partial charge in [0.25, 0.3) is 6.47 Å². The van der Waals surface area contributed by atoms with Crippen molar-refractivity contribution < 1.29 is 33.3 Å². The Kier molecular flexibility index (Phi) is 5.35. The van der Waals surface area contributed by atoms with E-state index in [0.717, 1.165) is 7.11 Å². The lowest BCUT2D eigenvalue weighted by Gasteiger charge is -2.23. The lowest BCUT2D eigenvalue weighted by Crippen LogP contribution is -2.28. The number of hydrogen-bond acceptors (Lipinski definition) is 8. The Morgan fingerprint density at radius 1 is 1.39 bits per heavy atom. The van der Waals surface area contributed by atoms with Gasteiger partial charge in [0.05, 0.1) is 26.9 Å². The van der Waals surface area contributed by atoms with Crippen molar-refractivity contribution in [1.82, 2.24) is 4.57 Å². The molecule has 1 aliphatic rings. The van der Waals surface area contributed by atoms with Crippen molar-refractivity contribution in [1.29, 1.82) is 0 Å². The first-order valence-electron chi connectivity index (χ1n) is 6.75. The second-order valence-corrected chi connectivity index (χ2v) is 4.65. The number of esters is 1. The van der Waals surface area contributed by atoms with Gasteiger partial charge < -0.3 is 28.3 Å². The third-order valence-corrected chi connectivity index (χ3v) is 3.52. The molecule has 23 heavy (non-hydrogen) atoms. The van der Waals surface area contributed by atoms with E-state index in [1.165, 1.54) is 25.0 Å². The zero-order valence-corrected chi connectivity index (χ0v) is 12.9. The summed E-state index contributed by atoms with van der Waals surface area (Å²) in [6.45, 7) is 0.578. The van der Waals surface area contributed by atoms with E-state index in [1.54, 1.807) is 0 Å². The van der Waals surface area contributed by atoms with Gasteiger partial charge in [-0.3, -0.25) is 9.59 Å². The van der Waals surface area contributed by atoms with Crippen LogP contribution in [0, 0.1) is 0 Å². The van der Waals surface area contributed by atoms with Crippen LogP contribution in [0.2, 0.25) is 0 Å². The summed E-state index contributed by atoms with van der Waals surface area (Å²) in [7, 11) is 3.86. The second kappa shape index (κ2) is 7.25. The standard InChI is InChI=1S/C14H17NO8/c1-19-11-10(17)8(13(18)20-2)6-15(12(11)23-7-16)9-4-5-22-14(9)21-3/h6-7,9,14H,4-5H2,1-3H3.